The summed E-state index contributed by atoms with van der Waals surface area (Å²) >= 11 is 0. The highest BCUT2D eigenvalue weighted by Crippen LogP contribution is 2.42. The van der Waals surface area contributed by atoms with Crippen molar-refractivity contribution in [3.05, 3.63) is 95.1 Å². The number of aliphatic hydroxyl groups is 1. The third kappa shape index (κ3) is 5.67. The number of Topliss-reactive ketones (excluding diaryl/α,β-unsaturated/α-hetero) is 1. The number of unbranched alkanes of at least 4 members (excludes halogenated alkanes) is 1. The lowest BCUT2D eigenvalue weighted by Crippen LogP contribution is -2.31. The quantitative estimate of drug-likeness (QED) is 0.156. The van der Waals surface area contributed by atoms with Gasteiger partial charge in [-0.15, -0.1) is 0 Å². The average molecular weight is 516 g/mol. The Morgan fingerprint density at radius 1 is 0.921 bits per heavy atom. The predicted molar refractivity (Wildman–Crippen MR) is 146 cm³/mol. The Labute approximate surface area is 223 Å². The number of rotatable bonds is 11. The first-order valence-electron chi connectivity index (χ1n) is 12.8. The van der Waals surface area contributed by atoms with Gasteiger partial charge in [0.15, 0.2) is 11.5 Å². The van der Waals surface area contributed by atoms with Crippen LogP contribution in [0.2, 0.25) is 0 Å². The van der Waals surface area contributed by atoms with Gasteiger partial charge in [0, 0.05) is 12.1 Å². The number of hydrogen-bond acceptors (Lipinski definition) is 6. The van der Waals surface area contributed by atoms with E-state index in [1.165, 1.54) is 12.0 Å². The van der Waals surface area contributed by atoms with Crippen LogP contribution in [0.3, 0.4) is 0 Å². The van der Waals surface area contributed by atoms with Gasteiger partial charge < -0.3 is 24.2 Å². The molecule has 7 heteroatoms. The number of amides is 1. The van der Waals surface area contributed by atoms with Crippen LogP contribution in [0.25, 0.3) is 5.76 Å². The molecule has 1 aliphatic heterocycles. The zero-order valence-electron chi connectivity index (χ0n) is 22.0. The van der Waals surface area contributed by atoms with Crippen LogP contribution >= 0.6 is 0 Å². The third-order valence-corrected chi connectivity index (χ3v) is 6.63. The maximum Gasteiger partial charge on any atom is 0.295 e. The number of nitrogens with zero attached hydrogens (tertiary/aromatic N) is 1. The molecule has 1 amide bonds. The molecule has 0 radical (unpaired) electrons. The van der Waals surface area contributed by atoms with E-state index in [4.69, 9.17) is 14.2 Å². The number of carbonyl (C=O) groups excluding carboxylic acids is 2. The molecule has 0 bridgehead atoms. The minimum atomic E-state index is -0.802. The van der Waals surface area contributed by atoms with E-state index < -0.39 is 17.7 Å². The van der Waals surface area contributed by atoms with Gasteiger partial charge in [0.25, 0.3) is 11.7 Å². The zero-order valence-corrected chi connectivity index (χ0v) is 22.0. The second-order valence-electron chi connectivity index (χ2n) is 9.07. The summed E-state index contributed by atoms with van der Waals surface area (Å²) in [7, 11) is 3.08. The van der Waals surface area contributed by atoms with Crippen LogP contribution in [0, 0.1) is 0 Å². The number of likely N-dealkylation sites (tertiary alicyclic amines) is 1. The van der Waals surface area contributed by atoms with E-state index in [0.29, 0.717) is 47.9 Å². The zero-order chi connectivity index (χ0) is 27.1. The van der Waals surface area contributed by atoms with Gasteiger partial charge in [-0.3, -0.25) is 9.59 Å². The molecular formula is C31H33NO6. The summed E-state index contributed by atoms with van der Waals surface area (Å²) in [4.78, 5) is 28.2. The second kappa shape index (κ2) is 12.3. The number of aliphatic hydroxyl groups excluding tert-OH is 1. The van der Waals surface area contributed by atoms with Gasteiger partial charge in [0.2, 0.25) is 0 Å². The first-order chi connectivity index (χ1) is 18.5. The van der Waals surface area contributed by atoms with E-state index in [-0.39, 0.29) is 11.3 Å². The van der Waals surface area contributed by atoms with E-state index >= 15 is 0 Å². The lowest BCUT2D eigenvalue weighted by Gasteiger charge is -2.26. The minimum absolute atomic E-state index is 0.0259. The standard InChI is InChI=1S/C31H33NO6/c1-4-5-18-38-25-15-14-22(20-26(25)37-3)28-27(29(33)23-12-9-13-24(19-23)36-2)30(34)31(35)32(28)17-16-21-10-7-6-8-11-21/h6-15,19-20,28,33H,4-5,16-18H2,1-3H3. The van der Waals surface area contributed by atoms with Gasteiger partial charge in [-0.2, -0.15) is 0 Å². The molecule has 198 valence electrons. The summed E-state index contributed by atoms with van der Waals surface area (Å²) in [5, 5.41) is 11.4. The summed E-state index contributed by atoms with van der Waals surface area (Å²) in [6, 6.07) is 21.1. The molecule has 0 aromatic heterocycles. The lowest BCUT2D eigenvalue weighted by molar-refractivity contribution is -0.139. The SMILES string of the molecule is CCCCOc1ccc(C2C(=C(O)c3cccc(OC)c3)C(=O)C(=O)N2CCc2ccccc2)cc1OC. The van der Waals surface area contributed by atoms with Crippen LogP contribution in [0.1, 0.15) is 42.5 Å². The molecule has 3 aromatic rings. The van der Waals surface area contributed by atoms with Gasteiger partial charge in [-0.05, 0) is 48.2 Å². The highest BCUT2D eigenvalue weighted by Gasteiger charge is 2.46. The van der Waals surface area contributed by atoms with E-state index in [0.717, 1.165) is 18.4 Å². The number of ether oxygens (including phenoxy) is 3. The molecule has 38 heavy (non-hydrogen) atoms. The Hall–Kier alpha value is -4.26. The van der Waals surface area contributed by atoms with Gasteiger partial charge in [0.1, 0.15) is 11.5 Å². The van der Waals surface area contributed by atoms with Crippen LogP contribution < -0.4 is 14.2 Å². The molecule has 3 aromatic carbocycles. The molecule has 1 N–H and O–H groups in total. The number of methoxy groups -OCH3 is 2. The van der Waals surface area contributed by atoms with E-state index in [2.05, 4.69) is 6.92 Å². The topological polar surface area (TPSA) is 85.3 Å². The Balaban J connectivity index is 1.79. The van der Waals surface area contributed by atoms with Gasteiger partial charge in [0.05, 0.1) is 32.4 Å². The monoisotopic (exact) mass is 515 g/mol. The number of carbonyl (C=O) groups is 2. The molecule has 1 saturated heterocycles. The number of hydrogen-bond donors (Lipinski definition) is 1. The summed E-state index contributed by atoms with van der Waals surface area (Å²) < 4.78 is 16.8. The predicted octanol–water partition coefficient (Wildman–Crippen LogP) is 5.55. The van der Waals surface area contributed by atoms with Crippen LogP contribution in [-0.4, -0.2) is 49.1 Å². The van der Waals surface area contributed by atoms with Gasteiger partial charge in [-0.25, -0.2) is 0 Å². The maximum absolute atomic E-state index is 13.4. The first-order valence-corrected chi connectivity index (χ1v) is 12.8. The Morgan fingerprint density at radius 3 is 2.42 bits per heavy atom. The Morgan fingerprint density at radius 2 is 1.71 bits per heavy atom. The lowest BCUT2D eigenvalue weighted by atomic mass is 9.94. The van der Waals surface area contributed by atoms with Crippen molar-refractivity contribution in [2.24, 2.45) is 0 Å². The smallest absolute Gasteiger partial charge is 0.295 e. The van der Waals surface area contributed by atoms with Crippen molar-refractivity contribution in [2.45, 2.75) is 32.2 Å². The summed E-state index contributed by atoms with van der Waals surface area (Å²) in [6.45, 7) is 2.94. The normalized spacial score (nSPS) is 16.5. The molecule has 1 aliphatic rings. The molecule has 1 heterocycles. The fourth-order valence-electron chi connectivity index (χ4n) is 4.58. The molecule has 0 aliphatic carbocycles. The Bertz CT molecular complexity index is 1320. The maximum atomic E-state index is 13.4. The molecule has 4 rings (SSSR count). The van der Waals surface area contributed by atoms with Crippen molar-refractivity contribution in [2.75, 3.05) is 27.4 Å². The fraction of sp³-hybridized carbons (Fsp3) is 0.290. The second-order valence-corrected chi connectivity index (χ2v) is 9.07. The largest absolute Gasteiger partial charge is 0.507 e. The summed E-state index contributed by atoms with van der Waals surface area (Å²) in [5.74, 6) is -0.0357. The van der Waals surface area contributed by atoms with Crippen molar-refractivity contribution in [3.63, 3.8) is 0 Å². The summed E-state index contributed by atoms with van der Waals surface area (Å²) in [6.07, 6.45) is 2.46. The van der Waals surface area contributed by atoms with E-state index in [1.807, 2.05) is 36.4 Å². The minimum Gasteiger partial charge on any atom is -0.507 e. The van der Waals surface area contributed by atoms with E-state index in [9.17, 15) is 14.7 Å². The van der Waals surface area contributed by atoms with E-state index in [1.54, 1.807) is 43.5 Å². The molecular weight excluding hydrogens is 482 g/mol. The average Bonchev–Trinajstić information content (AvgIpc) is 3.21. The number of benzene rings is 3. The van der Waals surface area contributed by atoms with Gasteiger partial charge in [-0.1, -0.05) is 61.9 Å². The van der Waals surface area contributed by atoms with Crippen molar-refractivity contribution in [1.82, 2.24) is 4.90 Å². The fourth-order valence-corrected chi connectivity index (χ4v) is 4.58. The first kappa shape index (κ1) is 26.8. The highest BCUT2D eigenvalue weighted by atomic mass is 16.5. The molecule has 1 fully saturated rings. The van der Waals surface area contributed by atoms with Gasteiger partial charge >= 0.3 is 0 Å². The van der Waals surface area contributed by atoms with Crippen molar-refractivity contribution in [3.8, 4) is 17.2 Å². The third-order valence-electron chi connectivity index (χ3n) is 6.63. The van der Waals surface area contributed by atoms with Crippen LogP contribution in [0.5, 0.6) is 17.2 Å². The van der Waals surface area contributed by atoms with Crippen molar-refractivity contribution < 1.29 is 28.9 Å². The van der Waals surface area contributed by atoms with Crippen LogP contribution in [0.15, 0.2) is 78.4 Å². The molecule has 1 atom stereocenters. The molecule has 0 saturated carbocycles. The number of ketones is 1. The highest BCUT2D eigenvalue weighted by molar-refractivity contribution is 6.46. The van der Waals surface area contributed by atoms with Crippen LogP contribution in [0.4, 0.5) is 0 Å². The molecule has 1 unspecified atom stereocenters. The van der Waals surface area contributed by atoms with Crippen molar-refractivity contribution in [1.29, 1.82) is 0 Å². The van der Waals surface area contributed by atoms with Crippen molar-refractivity contribution >= 4 is 17.4 Å². The summed E-state index contributed by atoms with van der Waals surface area (Å²) in [5.41, 5.74) is 2.10. The molecule has 0 spiro atoms. The Kier molecular flexibility index (Phi) is 8.69. The molecule has 7 nitrogen and oxygen atoms in total. The van der Waals surface area contributed by atoms with Crippen LogP contribution in [-0.2, 0) is 16.0 Å².